The van der Waals surface area contributed by atoms with Crippen molar-refractivity contribution in [3.63, 3.8) is 0 Å². The normalized spacial score (nSPS) is 15.0. The molecule has 0 aliphatic carbocycles. The summed E-state index contributed by atoms with van der Waals surface area (Å²) in [7, 11) is -4.10. The maximum Gasteiger partial charge on any atom is 0.264 e. The maximum absolute atomic E-state index is 13.7. The molecule has 3 aromatic rings. The Labute approximate surface area is 236 Å². The Hall–Kier alpha value is -3.23. The number of para-hydroxylation sites is 2. The highest BCUT2D eigenvalue weighted by atomic mass is 35.5. The molecule has 1 heterocycles. The number of nitrogens with zero attached hydrogens (tertiary/aromatic N) is 2. The quantitative estimate of drug-likeness (QED) is 0.322. The monoisotopic (exact) mass is 569 g/mol. The second-order valence-electron chi connectivity index (χ2n) is 9.92. The van der Waals surface area contributed by atoms with E-state index in [0.29, 0.717) is 17.4 Å². The predicted molar refractivity (Wildman–Crippen MR) is 157 cm³/mol. The lowest BCUT2D eigenvalue weighted by Gasteiger charge is -2.32. The number of ether oxygens (including phenoxy) is 1. The van der Waals surface area contributed by atoms with Crippen molar-refractivity contribution < 1.29 is 17.9 Å². The van der Waals surface area contributed by atoms with E-state index in [9.17, 15) is 13.2 Å². The Morgan fingerprint density at radius 3 is 2.33 bits per heavy atom. The molecule has 0 aromatic heterocycles. The topological polar surface area (TPSA) is 79.0 Å². The van der Waals surface area contributed by atoms with Crippen molar-refractivity contribution in [1.29, 1.82) is 0 Å². The van der Waals surface area contributed by atoms with Crippen molar-refractivity contribution in [3.05, 3.63) is 83.4 Å². The summed E-state index contributed by atoms with van der Waals surface area (Å²) < 4.78 is 34.3. The average molecular weight is 570 g/mol. The van der Waals surface area contributed by atoms with Crippen molar-refractivity contribution in [3.8, 4) is 5.75 Å². The molecule has 1 fully saturated rings. The largest absolute Gasteiger partial charge is 0.492 e. The van der Waals surface area contributed by atoms with Crippen LogP contribution in [-0.4, -0.2) is 40.6 Å². The van der Waals surface area contributed by atoms with Gasteiger partial charge in [-0.15, -0.1) is 0 Å². The summed E-state index contributed by atoms with van der Waals surface area (Å²) in [6.45, 7) is 8.04. The van der Waals surface area contributed by atoms with E-state index in [1.807, 2.05) is 26.0 Å². The van der Waals surface area contributed by atoms with Gasteiger partial charge in [0.2, 0.25) is 5.91 Å². The third-order valence-electron chi connectivity index (χ3n) is 7.04. The van der Waals surface area contributed by atoms with Gasteiger partial charge in [-0.05, 0) is 86.7 Å². The average Bonchev–Trinajstić information content (AvgIpc) is 2.93. The summed E-state index contributed by atoms with van der Waals surface area (Å²) in [5, 5.41) is 3.38. The van der Waals surface area contributed by atoms with Crippen LogP contribution >= 0.6 is 11.6 Å². The van der Waals surface area contributed by atoms with Gasteiger partial charge in [0.25, 0.3) is 10.0 Å². The molecule has 1 N–H and O–H groups in total. The van der Waals surface area contributed by atoms with Gasteiger partial charge in [0, 0.05) is 23.8 Å². The van der Waals surface area contributed by atoms with Crippen LogP contribution in [0.2, 0.25) is 5.02 Å². The third-order valence-corrected chi connectivity index (χ3v) is 9.07. The number of piperidine rings is 1. The number of carbonyl (C=O) groups is 1. The summed E-state index contributed by atoms with van der Waals surface area (Å²) in [6.07, 6.45) is 2.38. The molecule has 0 radical (unpaired) electrons. The lowest BCUT2D eigenvalue weighted by atomic mass is 9.98. The number of rotatable bonds is 10. The van der Waals surface area contributed by atoms with Gasteiger partial charge >= 0.3 is 0 Å². The van der Waals surface area contributed by atoms with Crippen LogP contribution in [0.5, 0.6) is 5.75 Å². The maximum atomic E-state index is 13.7. The number of hydrogen-bond acceptors (Lipinski definition) is 5. The van der Waals surface area contributed by atoms with E-state index in [-0.39, 0.29) is 16.6 Å². The number of carbonyl (C=O) groups excluding carboxylic acids is 1. The smallest absolute Gasteiger partial charge is 0.264 e. The summed E-state index contributed by atoms with van der Waals surface area (Å²) in [5.41, 5.74) is 2.41. The summed E-state index contributed by atoms with van der Waals surface area (Å²) in [5.74, 6) is 0.709. The molecule has 4 rings (SSSR count). The van der Waals surface area contributed by atoms with Gasteiger partial charge in [0.15, 0.2) is 0 Å². The molecular formula is C30H36ClN3O4S. The molecule has 208 valence electrons. The first kappa shape index (κ1) is 28.8. The van der Waals surface area contributed by atoms with Crippen LogP contribution in [0.1, 0.15) is 45.2 Å². The third kappa shape index (κ3) is 7.05. The first-order chi connectivity index (χ1) is 18.7. The lowest BCUT2D eigenvalue weighted by molar-refractivity contribution is -0.120. The van der Waals surface area contributed by atoms with Crippen molar-refractivity contribution in [1.82, 2.24) is 5.32 Å². The van der Waals surface area contributed by atoms with Gasteiger partial charge in [0.05, 0.1) is 23.2 Å². The van der Waals surface area contributed by atoms with Crippen LogP contribution in [0.4, 0.5) is 11.4 Å². The first-order valence-corrected chi connectivity index (χ1v) is 15.1. The molecule has 1 aliphatic rings. The van der Waals surface area contributed by atoms with Crippen molar-refractivity contribution in [2.24, 2.45) is 5.92 Å². The predicted octanol–water partition coefficient (Wildman–Crippen LogP) is 6.05. The fourth-order valence-electron chi connectivity index (χ4n) is 4.72. The van der Waals surface area contributed by atoms with Gasteiger partial charge in [-0.25, -0.2) is 8.42 Å². The number of halogens is 1. The van der Waals surface area contributed by atoms with Gasteiger partial charge in [-0.2, -0.15) is 0 Å². The lowest BCUT2D eigenvalue weighted by Crippen LogP contribution is -2.41. The fraction of sp³-hybridized carbons (Fsp3) is 0.367. The standard InChI is InChI=1S/C30H36ClN3O4S/c1-4-38-29-8-6-5-7-28(29)34(39(36,37)27-15-11-25(31)12-16-27)21-30(35)32-23(3)24-9-13-26(14-10-24)33-19-17-22(2)18-20-33/h5-16,22-23H,4,17-21H2,1-3H3,(H,32,35). The molecular weight excluding hydrogens is 534 g/mol. The van der Waals surface area contributed by atoms with Crippen LogP contribution < -0.4 is 19.3 Å². The van der Waals surface area contributed by atoms with E-state index >= 15 is 0 Å². The van der Waals surface area contributed by atoms with E-state index in [0.717, 1.165) is 28.9 Å². The van der Waals surface area contributed by atoms with Gasteiger partial charge in [0.1, 0.15) is 12.3 Å². The zero-order valence-electron chi connectivity index (χ0n) is 22.6. The summed E-state index contributed by atoms with van der Waals surface area (Å²) >= 11 is 5.99. The Kier molecular flexibility index (Phi) is 9.40. The molecule has 0 saturated carbocycles. The highest BCUT2D eigenvalue weighted by molar-refractivity contribution is 7.92. The van der Waals surface area contributed by atoms with Gasteiger partial charge in [-0.1, -0.05) is 42.8 Å². The molecule has 9 heteroatoms. The van der Waals surface area contributed by atoms with Crippen molar-refractivity contribution >= 4 is 38.9 Å². The van der Waals surface area contributed by atoms with Crippen LogP contribution in [0.15, 0.2) is 77.7 Å². The van der Waals surface area contributed by atoms with E-state index in [1.165, 1.54) is 42.8 Å². The molecule has 0 spiro atoms. The minimum Gasteiger partial charge on any atom is -0.492 e. The molecule has 0 bridgehead atoms. The van der Waals surface area contributed by atoms with Crippen molar-refractivity contribution in [2.45, 2.75) is 44.6 Å². The van der Waals surface area contributed by atoms with E-state index in [4.69, 9.17) is 16.3 Å². The molecule has 1 aliphatic heterocycles. The van der Waals surface area contributed by atoms with Gasteiger partial charge in [-0.3, -0.25) is 9.10 Å². The minimum atomic E-state index is -4.10. The van der Waals surface area contributed by atoms with E-state index in [1.54, 1.807) is 24.3 Å². The van der Waals surface area contributed by atoms with E-state index < -0.39 is 22.5 Å². The highest BCUT2D eigenvalue weighted by Crippen LogP contribution is 2.33. The van der Waals surface area contributed by atoms with Crippen molar-refractivity contribution in [2.75, 3.05) is 35.4 Å². The zero-order chi connectivity index (χ0) is 28.0. The van der Waals surface area contributed by atoms with E-state index in [2.05, 4.69) is 29.3 Å². The van der Waals surface area contributed by atoms with Gasteiger partial charge < -0.3 is 15.0 Å². The molecule has 7 nitrogen and oxygen atoms in total. The second-order valence-corrected chi connectivity index (χ2v) is 12.2. The Morgan fingerprint density at radius 2 is 1.69 bits per heavy atom. The summed E-state index contributed by atoms with van der Waals surface area (Å²) in [6, 6.07) is 20.6. The number of sulfonamides is 1. The minimum absolute atomic E-state index is 0.0294. The Bertz CT molecular complexity index is 1360. The van der Waals surface area contributed by atoms with Crippen LogP contribution in [0, 0.1) is 5.92 Å². The van der Waals surface area contributed by atoms with Crippen LogP contribution in [0.3, 0.4) is 0 Å². The first-order valence-electron chi connectivity index (χ1n) is 13.3. The highest BCUT2D eigenvalue weighted by Gasteiger charge is 2.30. The Balaban J connectivity index is 1.53. The number of hydrogen-bond donors (Lipinski definition) is 1. The molecule has 39 heavy (non-hydrogen) atoms. The van der Waals surface area contributed by atoms with Crippen LogP contribution in [-0.2, 0) is 14.8 Å². The zero-order valence-corrected chi connectivity index (χ0v) is 24.2. The molecule has 1 unspecified atom stereocenters. The van der Waals surface area contributed by atoms with Crippen LogP contribution in [0.25, 0.3) is 0 Å². The number of nitrogens with one attached hydrogen (secondary N) is 1. The molecule has 1 atom stereocenters. The molecule has 1 amide bonds. The SMILES string of the molecule is CCOc1ccccc1N(CC(=O)NC(C)c1ccc(N2CCC(C)CC2)cc1)S(=O)(=O)c1ccc(Cl)cc1. The Morgan fingerprint density at radius 1 is 1.05 bits per heavy atom. The molecule has 3 aromatic carbocycles. The fourth-order valence-corrected chi connectivity index (χ4v) is 6.27. The second kappa shape index (κ2) is 12.7. The molecule has 1 saturated heterocycles. The summed E-state index contributed by atoms with van der Waals surface area (Å²) in [4.78, 5) is 15.7. The number of amides is 1. The number of benzene rings is 3. The number of anilines is 2.